The summed E-state index contributed by atoms with van der Waals surface area (Å²) in [6.07, 6.45) is 86.6. The molecule has 0 saturated heterocycles. The first-order valence-corrected chi connectivity index (χ1v) is 33.9. The maximum absolute atomic E-state index is 12.9. The topological polar surface area (TPSA) is 78.9 Å². The van der Waals surface area contributed by atoms with E-state index in [2.05, 4.69) is 93.7 Å². The van der Waals surface area contributed by atoms with Crippen LogP contribution in [0.1, 0.15) is 348 Å². The summed E-state index contributed by atoms with van der Waals surface area (Å²) in [5, 5.41) is 0. The molecule has 0 radical (unpaired) electrons. The number of allylic oxidation sites excluding steroid dienone is 12. The van der Waals surface area contributed by atoms with Gasteiger partial charge in [-0.05, 0) is 70.6 Å². The Morgan fingerprint density at radius 3 is 0.782 bits per heavy atom. The molecule has 6 nitrogen and oxygen atoms in total. The van der Waals surface area contributed by atoms with E-state index >= 15 is 0 Å². The molecule has 0 rings (SSSR count). The smallest absolute Gasteiger partial charge is 0.306 e. The molecule has 452 valence electrons. The zero-order chi connectivity index (χ0) is 56.4. The van der Waals surface area contributed by atoms with Gasteiger partial charge in [0.25, 0.3) is 0 Å². The van der Waals surface area contributed by atoms with E-state index in [1.165, 1.54) is 212 Å². The summed E-state index contributed by atoms with van der Waals surface area (Å²) in [6.45, 7) is 6.55. The number of hydrogen-bond donors (Lipinski definition) is 0. The second-order valence-electron chi connectivity index (χ2n) is 22.7. The van der Waals surface area contributed by atoms with Crippen LogP contribution in [0.5, 0.6) is 0 Å². The van der Waals surface area contributed by atoms with E-state index in [9.17, 15) is 14.4 Å². The number of carbonyl (C=O) groups excluding carboxylic acids is 3. The number of ether oxygens (including phenoxy) is 3. The van der Waals surface area contributed by atoms with Crippen LogP contribution >= 0.6 is 0 Å². The van der Waals surface area contributed by atoms with Gasteiger partial charge in [0.1, 0.15) is 13.2 Å². The molecule has 0 saturated carbocycles. The Morgan fingerprint density at radius 2 is 0.500 bits per heavy atom. The molecule has 78 heavy (non-hydrogen) atoms. The van der Waals surface area contributed by atoms with Gasteiger partial charge < -0.3 is 14.2 Å². The summed E-state index contributed by atoms with van der Waals surface area (Å²) in [6, 6.07) is 0. The first kappa shape index (κ1) is 74.8. The molecule has 0 aliphatic carbocycles. The van der Waals surface area contributed by atoms with Crippen molar-refractivity contribution in [1.82, 2.24) is 0 Å². The summed E-state index contributed by atoms with van der Waals surface area (Å²) >= 11 is 0. The van der Waals surface area contributed by atoms with Gasteiger partial charge in [-0.2, -0.15) is 0 Å². The molecule has 1 atom stereocenters. The lowest BCUT2D eigenvalue weighted by Gasteiger charge is -2.18. The average Bonchev–Trinajstić information content (AvgIpc) is 3.44. The Kier molecular flexibility index (Phi) is 63.7. The van der Waals surface area contributed by atoms with E-state index in [0.717, 1.165) is 96.3 Å². The number of hydrogen-bond acceptors (Lipinski definition) is 6. The second-order valence-corrected chi connectivity index (χ2v) is 22.7. The van der Waals surface area contributed by atoms with Gasteiger partial charge in [-0.1, -0.05) is 331 Å². The van der Waals surface area contributed by atoms with Crippen molar-refractivity contribution in [3.05, 3.63) is 72.9 Å². The maximum Gasteiger partial charge on any atom is 0.306 e. The molecule has 0 spiro atoms. The SMILES string of the molecule is CC/C=C\C/C=C\C/C=C\C/C=C\C/C=C\C/C=C\CCCCCCCCCCCCCCC(=O)OCC(COC(=O)CCCCCCCCCC)OC(=O)CCCCCCCCCCCCCCCCCCCCCCC. The van der Waals surface area contributed by atoms with Crippen LogP contribution in [0, 0.1) is 0 Å². The van der Waals surface area contributed by atoms with Crippen LogP contribution in [0.4, 0.5) is 0 Å². The molecular formula is C72H128O6. The van der Waals surface area contributed by atoms with Gasteiger partial charge in [-0.15, -0.1) is 0 Å². The first-order valence-electron chi connectivity index (χ1n) is 33.9. The normalized spacial score (nSPS) is 12.5. The Hall–Kier alpha value is -3.15. The van der Waals surface area contributed by atoms with Crippen LogP contribution in [0.2, 0.25) is 0 Å². The van der Waals surface area contributed by atoms with Gasteiger partial charge in [-0.25, -0.2) is 0 Å². The third kappa shape index (κ3) is 63.7. The van der Waals surface area contributed by atoms with Crippen LogP contribution < -0.4 is 0 Å². The number of unbranched alkanes of at least 4 members (excludes halogenated alkanes) is 39. The molecule has 0 aliphatic rings. The highest BCUT2D eigenvalue weighted by molar-refractivity contribution is 5.71. The van der Waals surface area contributed by atoms with E-state index in [1.807, 2.05) is 0 Å². The molecule has 0 bridgehead atoms. The minimum atomic E-state index is -0.771. The van der Waals surface area contributed by atoms with Crippen LogP contribution in [0.25, 0.3) is 0 Å². The van der Waals surface area contributed by atoms with Gasteiger partial charge in [0.2, 0.25) is 0 Å². The minimum Gasteiger partial charge on any atom is -0.462 e. The van der Waals surface area contributed by atoms with E-state index in [4.69, 9.17) is 14.2 Å². The van der Waals surface area contributed by atoms with E-state index in [-0.39, 0.29) is 31.1 Å². The Morgan fingerprint density at radius 1 is 0.269 bits per heavy atom. The van der Waals surface area contributed by atoms with E-state index < -0.39 is 6.10 Å². The third-order valence-electron chi connectivity index (χ3n) is 15.0. The zero-order valence-electron chi connectivity index (χ0n) is 51.9. The molecule has 1 unspecified atom stereocenters. The van der Waals surface area contributed by atoms with Crippen LogP contribution in [0.15, 0.2) is 72.9 Å². The fraction of sp³-hybridized carbons (Fsp3) is 0.792. The molecule has 0 amide bonds. The fourth-order valence-electron chi connectivity index (χ4n) is 9.92. The van der Waals surface area contributed by atoms with Crippen LogP contribution in [-0.4, -0.2) is 37.2 Å². The van der Waals surface area contributed by atoms with Gasteiger partial charge >= 0.3 is 17.9 Å². The average molecular weight is 1090 g/mol. The molecule has 0 aromatic rings. The lowest BCUT2D eigenvalue weighted by molar-refractivity contribution is -0.167. The molecular weight excluding hydrogens is 961 g/mol. The summed E-state index contributed by atoms with van der Waals surface area (Å²) in [5.41, 5.74) is 0. The van der Waals surface area contributed by atoms with Crippen molar-refractivity contribution < 1.29 is 28.6 Å². The summed E-state index contributed by atoms with van der Waals surface area (Å²) < 4.78 is 16.9. The van der Waals surface area contributed by atoms with Crippen LogP contribution in [-0.2, 0) is 28.6 Å². The van der Waals surface area contributed by atoms with E-state index in [0.29, 0.717) is 19.3 Å². The van der Waals surface area contributed by atoms with Gasteiger partial charge in [0.05, 0.1) is 0 Å². The fourth-order valence-corrected chi connectivity index (χ4v) is 9.92. The first-order chi connectivity index (χ1) is 38.5. The molecule has 0 N–H and O–H groups in total. The highest BCUT2D eigenvalue weighted by atomic mass is 16.6. The van der Waals surface area contributed by atoms with E-state index in [1.54, 1.807) is 0 Å². The van der Waals surface area contributed by atoms with Crippen molar-refractivity contribution in [2.24, 2.45) is 0 Å². The Balaban J connectivity index is 4.10. The predicted octanol–water partition coefficient (Wildman–Crippen LogP) is 23.3. The summed E-state index contributed by atoms with van der Waals surface area (Å²) in [4.78, 5) is 38.2. The van der Waals surface area contributed by atoms with Crippen molar-refractivity contribution in [2.75, 3.05) is 13.2 Å². The number of rotatable bonds is 62. The zero-order valence-corrected chi connectivity index (χ0v) is 51.9. The Bertz CT molecular complexity index is 1440. The second kappa shape index (κ2) is 66.4. The number of carbonyl (C=O) groups is 3. The van der Waals surface area contributed by atoms with Crippen molar-refractivity contribution in [2.45, 2.75) is 354 Å². The quantitative estimate of drug-likeness (QED) is 0.0261. The monoisotopic (exact) mass is 1090 g/mol. The van der Waals surface area contributed by atoms with Crippen molar-refractivity contribution in [3.8, 4) is 0 Å². The van der Waals surface area contributed by atoms with Gasteiger partial charge in [-0.3, -0.25) is 14.4 Å². The molecule has 0 fully saturated rings. The van der Waals surface area contributed by atoms with Crippen molar-refractivity contribution in [1.29, 1.82) is 0 Å². The van der Waals surface area contributed by atoms with Crippen molar-refractivity contribution >= 4 is 17.9 Å². The lowest BCUT2D eigenvalue weighted by atomic mass is 10.0. The molecule has 6 heteroatoms. The summed E-state index contributed by atoms with van der Waals surface area (Å²) in [7, 11) is 0. The van der Waals surface area contributed by atoms with Gasteiger partial charge in [0, 0.05) is 19.3 Å². The molecule has 0 heterocycles. The van der Waals surface area contributed by atoms with Gasteiger partial charge in [0.15, 0.2) is 6.10 Å². The highest BCUT2D eigenvalue weighted by Gasteiger charge is 2.19. The predicted molar refractivity (Wildman–Crippen MR) is 339 cm³/mol. The van der Waals surface area contributed by atoms with Crippen molar-refractivity contribution in [3.63, 3.8) is 0 Å². The minimum absolute atomic E-state index is 0.0702. The number of esters is 3. The third-order valence-corrected chi connectivity index (χ3v) is 15.0. The largest absolute Gasteiger partial charge is 0.462 e. The Labute approximate surface area is 484 Å². The summed E-state index contributed by atoms with van der Waals surface area (Å²) in [5.74, 6) is -0.857. The van der Waals surface area contributed by atoms with Crippen LogP contribution in [0.3, 0.4) is 0 Å². The molecule has 0 aromatic heterocycles. The standard InChI is InChI=1S/C72H128O6/c1-4-7-10-13-16-19-21-23-25-27-29-31-32-33-34-35-36-37-38-39-40-42-43-45-47-49-51-53-56-59-62-65-71(74)77-68-69(67-76-70(73)64-61-58-55-18-15-12-9-6-3)78-72(75)66-63-60-57-54-52-50-48-46-44-41-30-28-26-24-22-20-17-14-11-8-5-2/h7,10,16,19,23,25,29,31,33-34,36-37,69H,4-6,8-9,11-15,17-18,20-22,24,26-28,30,32,35,38-68H2,1-3H3/b10-7-,19-16-,25-23-,31-29-,34-33-,37-36-. The maximum atomic E-state index is 12.9. The molecule has 0 aliphatic heterocycles. The highest BCUT2D eigenvalue weighted by Crippen LogP contribution is 2.18. The lowest BCUT2D eigenvalue weighted by Crippen LogP contribution is -2.30. The molecule has 0 aromatic carbocycles.